The highest BCUT2D eigenvalue weighted by Gasteiger charge is 2.23. The third-order valence-corrected chi connectivity index (χ3v) is 3.07. The molecular weight excluding hydrogens is 268 g/mol. The lowest BCUT2D eigenvalue weighted by atomic mass is 10.1. The molecule has 0 saturated heterocycles. The van der Waals surface area contributed by atoms with Gasteiger partial charge in [0.1, 0.15) is 5.56 Å². The number of carbonyl (C=O) groups excluding carboxylic acids is 1. The van der Waals surface area contributed by atoms with Crippen molar-refractivity contribution in [2.75, 3.05) is 13.1 Å². The van der Waals surface area contributed by atoms with E-state index in [0.29, 0.717) is 13.1 Å². The summed E-state index contributed by atoms with van der Waals surface area (Å²) in [7, 11) is 0. The second kappa shape index (κ2) is 7.09. The van der Waals surface area contributed by atoms with Crippen molar-refractivity contribution in [1.82, 2.24) is 4.90 Å². The predicted octanol–water partition coefficient (Wildman–Crippen LogP) is 3.51. The summed E-state index contributed by atoms with van der Waals surface area (Å²) < 4.78 is 0. The number of amides is 1. The zero-order valence-corrected chi connectivity index (χ0v) is 11.8. The van der Waals surface area contributed by atoms with Crippen LogP contribution in [0.4, 0.5) is 5.69 Å². The molecule has 0 aromatic heterocycles. The molecule has 0 saturated carbocycles. The fourth-order valence-electron chi connectivity index (χ4n) is 1.76. The molecule has 0 aliphatic carbocycles. The Balaban J connectivity index is 3.07. The molecule has 6 heteroatoms. The molecule has 0 heterocycles. The third kappa shape index (κ3) is 3.92. The van der Waals surface area contributed by atoms with Crippen molar-refractivity contribution in [2.45, 2.75) is 26.7 Å². The first kappa shape index (κ1) is 15.4. The van der Waals surface area contributed by atoms with Crippen LogP contribution in [0.3, 0.4) is 0 Å². The second-order valence-corrected chi connectivity index (χ2v) is 4.59. The Morgan fingerprint density at radius 2 is 2.11 bits per heavy atom. The quantitative estimate of drug-likeness (QED) is 0.593. The lowest BCUT2D eigenvalue weighted by molar-refractivity contribution is -0.385. The van der Waals surface area contributed by atoms with Crippen LogP contribution in [0.5, 0.6) is 0 Å². The van der Waals surface area contributed by atoms with E-state index < -0.39 is 4.92 Å². The third-order valence-electron chi connectivity index (χ3n) is 2.84. The lowest BCUT2D eigenvalue weighted by Gasteiger charge is -2.20. The van der Waals surface area contributed by atoms with E-state index in [2.05, 4.69) is 0 Å². The molecule has 0 aliphatic rings. The fraction of sp³-hybridized carbons (Fsp3) is 0.462. The number of nitrogens with zero attached hydrogens (tertiary/aromatic N) is 2. The number of benzene rings is 1. The Labute approximate surface area is 117 Å². The van der Waals surface area contributed by atoms with Crippen LogP contribution in [0.1, 0.15) is 37.0 Å². The Kier molecular flexibility index (Phi) is 5.76. The van der Waals surface area contributed by atoms with Gasteiger partial charge in [-0.15, -0.1) is 0 Å². The Hall–Kier alpha value is -1.62. The maximum absolute atomic E-state index is 12.3. The van der Waals surface area contributed by atoms with Crippen LogP contribution in [-0.2, 0) is 0 Å². The minimum Gasteiger partial charge on any atom is -0.339 e. The molecule has 0 unspecified atom stereocenters. The van der Waals surface area contributed by atoms with Gasteiger partial charge in [0.25, 0.3) is 11.6 Å². The average molecular weight is 285 g/mol. The minimum absolute atomic E-state index is 0.0901. The second-order valence-electron chi connectivity index (χ2n) is 4.16. The molecule has 19 heavy (non-hydrogen) atoms. The largest absolute Gasteiger partial charge is 0.339 e. The zero-order chi connectivity index (χ0) is 14.4. The van der Waals surface area contributed by atoms with Crippen molar-refractivity contribution >= 4 is 23.2 Å². The molecule has 1 amide bonds. The summed E-state index contributed by atoms with van der Waals surface area (Å²) >= 11 is 5.73. The van der Waals surface area contributed by atoms with Gasteiger partial charge in [-0.05, 0) is 25.5 Å². The summed E-state index contributed by atoms with van der Waals surface area (Å²) in [6.45, 7) is 5.02. The molecule has 0 atom stereocenters. The smallest absolute Gasteiger partial charge is 0.283 e. The van der Waals surface area contributed by atoms with Crippen molar-refractivity contribution in [1.29, 1.82) is 0 Å². The molecule has 1 aromatic rings. The molecule has 0 N–H and O–H groups in total. The lowest BCUT2D eigenvalue weighted by Crippen LogP contribution is -2.32. The van der Waals surface area contributed by atoms with Gasteiger partial charge in [-0.1, -0.05) is 24.9 Å². The maximum Gasteiger partial charge on any atom is 0.283 e. The van der Waals surface area contributed by atoms with E-state index in [1.807, 2.05) is 13.8 Å². The van der Waals surface area contributed by atoms with Gasteiger partial charge >= 0.3 is 0 Å². The molecule has 0 spiro atoms. The van der Waals surface area contributed by atoms with Gasteiger partial charge in [-0.25, -0.2) is 0 Å². The highest BCUT2D eigenvalue weighted by Crippen LogP contribution is 2.24. The summed E-state index contributed by atoms with van der Waals surface area (Å²) in [6.07, 6.45) is 1.84. The number of nitro benzene ring substituents is 1. The van der Waals surface area contributed by atoms with E-state index in [9.17, 15) is 14.9 Å². The molecule has 5 nitrogen and oxygen atoms in total. The Morgan fingerprint density at radius 1 is 1.42 bits per heavy atom. The number of unbranched alkanes of at least 4 members (excludes halogenated alkanes) is 1. The van der Waals surface area contributed by atoms with E-state index in [1.165, 1.54) is 18.2 Å². The van der Waals surface area contributed by atoms with Crippen molar-refractivity contribution in [3.05, 3.63) is 38.9 Å². The van der Waals surface area contributed by atoms with Crippen molar-refractivity contribution in [3.8, 4) is 0 Å². The van der Waals surface area contributed by atoms with Crippen LogP contribution in [0, 0.1) is 10.1 Å². The van der Waals surface area contributed by atoms with Gasteiger partial charge in [0, 0.05) is 24.2 Å². The first-order valence-electron chi connectivity index (χ1n) is 6.24. The van der Waals surface area contributed by atoms with E-state index in [0.717, 1.165) is 12.8 Å². The SMILES string of the molecule is CCCCN(CC)C(=O)c1ccc(Cl)cc1[N+](=O)[O-]. The average Bonchev–Trinajstić information content (AvgIpc) is 2.39. The van der Waals surface area contributed by atoms with Crippen LogP contribution >= 0.6 is 11.6 Å². The zero-order valence-electron chi connectivity index (χ0n) is 11.1. The molecule has 0 bridgehead atoms. The minimum atomic E-state index is -0.577. The number of carbonyl (C=O) groups is 1. The Morgan fingerprint density at radius 3 is 2.63 bits per heavy atom. The summed E-state index contributed by atoms with van der Waals surface area (Å²) in [4.78, 5) is 24.3. The van der Waals surface area contributed by atoms with Crippen molar-refractivity contribution in [2.24, 2.45) is 0 Å². The molecule has 1 rings (SSSR count). The standard InChI is InChI=1S/C13H17ClN2O3/c1-3-5-8-15(4-2)13(17)11-7-6-10(14)9-12(11)16(18)19/h6-7,9H,3-5,8H2,1-2H3. The van der Waals surface area contributed by atoms with Crippen LogP contribution in [-0.4, -0.2) is 28.8 Å². The number of hydrogen-bond donors (Lipinski definition) is 0. The maximum atomic E-state index is 12.3. The van der Waals surface area contributed by atoms with E-state index >= 15 is 0 Å². The van der Waals surface area contributed by atoms with Crippen LogP contribution in [0.2, 0.25) is 5.02 Å². The van der Waals surface area contributed by atoms with Gasteiger partial charge in [-0.3, -0.25) is 14.9 Å². The van der Waals surface area contributed by atoms with Gasteiger partial charge in [0.05, 0.1) is 4.92 Å². The topological polar surface area (TPSA) is 63.5 Å². The van der Waals surface area contributed by atoms with E-state index in [4.69, 9.17) is 11.6 Å². The number of nitro groups is 1. The summed E-state index contributed by atoms with van der Waals surface area (Å²) in [5.74, 6) is -0.320. The van der Waals surface area contributed by atoms with Crippen LogP contribution in [0.25, 0.3) is 0 Å². The molecule has 104 valence electrons. The molecule has 0 fully saturated rings. The highest BCUT2D eigenvalue weighted by atomic mass is 35.5. The monoisotopic (exact) mass is 284 g/mol. The van der Waals surface area contributed by atoms with Crippen molar-refractivity contribution in [3.63, 3.8) is 0 Å². The van der Waals surface area contributed by atoms with Gasteiger partial charge < -0.3 is 4.90 Å². The normalized spacial score (nSPS) is 10.3. The summed E-state index contributed by atoms with van der Waals surface area (Å²) in [5, 5.41) is 11.2. The summed E-state index contributed by atoms with van der Waals surface area (Å²) in [6, 6.07) is 4.12. The molecule has 1 aromatic carbocycles. The van der Waals surface area contributed by atoms with Crippen LogP contribution in [0.15, 0.2) is 18.2 Å². The first-order valence-corrected chi connectivity index (χ1v) is 6.62. The number of rotatable bonds is 6. The molecule has 0 radical (unpaired) electrons. The van der Waals surface area contributed by atoms with Crippen LogP contribution < -0.4 is 0 Å². The van der Waals surface area contributed by atoms with Gasteiger partial charge in [-0.2, -0.15) is 0 Å². The predicted molar refractivity (Wildman–Crippen MR) is 74.6 cm³/mol. The van der Waals surface area contributed by atoms with Gasteiger partial charge in [0.2, 0.25) is 0 Å². The number of halogens is 1. The van der Waals surface area contributed by atoms with E-state index in [1.54, 1.807) is 4.90 Å². The first-order chi connectivity index (χ1) is 9.01. The summed E-state index contributed by atoms with van der Waals surface area (Å²) in [5.41, 5.74) is -0.153. The Bertz CT molecular complexity index is 477. The molecule has 0 aliphatic heterocycles. The fourth-order valence-corrected chi connectivity index (χ4v) is 1.93. The van der Waals surface area contributed by atoms with Crippen molar-refractivity contribution < 1.29 is 9.72 Å². The van der Waals surface area contributed by atoms with E-state index in [-0.39, 0.29) is 22.2 Å². The highest BCUT2D eigenvalue weighted by molar-refractivity contribution is 6.31. The van der Waals surface area contributed by atoms with Gasteiger partial charge in [0.15, 0.2) is 0 Å². The number of hydrogen-bond acceptors (Lipinski definition) is 3. The molecular formula is C13H17ClN2O3.